The summed E-state index contributed by atoms with van der Waals surface area (Å²) in [5.74, 6) is -0.776. The molecule has 3 atom stereocenters. The first-order valence-corrected chi connectivity index (χ1v) is 15.4. The average Bonchev–Trinajstić information content (AvgIpc) is 3.26. The molecule has 2 heterocycles. The van der Waals surface area contributed by atoms with E-state index in [-0.39, 0.29) is 30.3 Å². The van der Waals surface area contributed by atoms with Gasteiger partial charge < -0.3 is 15.2 Å². The quantitative estimate of drug-likeness (QED) is 0.448. The van der Waals surface area contributed by atoms with Gasteiger partial charge in [-0.1, -0.05) is 58.2 Å². The van der Waals surface area contributed by atoms with Gasteiger partial charge in [0.25, 0.3) is 5.91 Å². The fraction of sp³-hybridized carbons (Fsp3) is 0.588. The average molecular weight is 593 g/mol. The van der Waals surface area contributed by atoms with Crippen LogP contribution in [0, 0.1) is 0 Å². The minimum absolute atomic E-state index is 0.00561. The summed E-state index contributed by atoms with van der Waals surface area (Å²) < 4.78 is 5.64. The Balaban J connectivity index is 1.81. The Morgan fingerprint density at radius 2 is 1.70 bits per heavy atom. The molecule has 2 N–H and O–H groups in total. The van der Waals surface area contributed by atoms with Gasteiger partial charge in [0.2, 0.25) is 5.91 Å². The highest BCUT2D eigenvalue weighted by atomic mass is 16.6. The Kier molecular flexibility index (Phi) is 9.54. The number of nitrogens with one attached hydrogen (secondary N) is 1. The smallest absolute Gasteiger partial charge is 0.411 e. The summed E-state index contributed by atoms with van der Waals surface area (Å²) in [6, 6.07) is 9.08. The van der Waals surface area contributed by atoms with E-state index in [9.17, 15) is 19.5 Å². The molecular weight excluding hydrogens is 544 g/mol. The summed E-state index contributed by atoms with van der Waals surface area (Å²) in [6.45, 7) is 13.1. The van der Waals surface area contributed by atoms with Crippen LogP contribution >= 0.6 is 0 Å². The molecule has 1 aliphatic heterocycles. The maximum atomic E-state index is 14.8. The highest BCUT2D eigenvalue weighted by Crippen LogP contribution is 2.36. The zero-order valence-corrected chi connectivity index (χ0v) is 26.7. The Morgan fingerprint density at radius 1 is 1.05 bits per heavy atom. The molecule has 1 saturated heterocycles. The van der Waals surface area contributed by atoms with Gasteiger partial charge in [-0.2, -0.15) is 0 Å². The summed E-state index contributed by atoms with van der Waals surface area (Å²) >= 11 is 0. The number of carbonyl (C=O) groups excluding carboxylic acids is 3. The lowest BCUT2D eigenvalue weighted by Crippen LogP contribution is -2.53. The number of hydrogen-bond donors (Lipinski definition) is 2. The van der Waals surface area contributed by atoms with Gasteiger partial charge in [0, 0.05) is 36.1 Å². The maximum Gasteiger partial charge on any atom is 0.411 e. The van der Waals surface area contributed by atoms with Crippen LogP contribution < -0.4 is 10.2 Å². The van der Waals surface area contributed by atoms with Crippen LogP contribution in [0.4, 0.5) is 10.5 Å². The second-order valence-electron chi connectivity index (χ2n) is 14.4. The van der Waals surface area contributed by atoms with E-state index in [1.165, 1.54) is 9.80 Å². The zero-order valence-electron chi connectivity index (χ0n) is 26.7. The first-order valence-electron chi connectivity index (χ1n) is 15.4. The lowest BCUT2D eigenvalue weighted by atomic mass is 9.87. The van der Waals surface area contributed by atoms with Crippen LogP contribution in [0.1, 0.15) is 104 Å². The summed E-state index contributed by atoms with van der Waals surface area (Å²) in [6.07, 6.45) is 7.55. The molecule has 3 amide bonds. The Labute approximate surface area is 256 Å². The summed E-state index contributed by atoms with van der Waals surface area (Å²) in [4.78, 5) is 49.4. The van der Waals surface area contributed by atoms with Crippen LogP contribution in [0.5, 0.6) is 0 Å². The number of rotatable bonds is 6. The topological polar surface area (TPSA) is 112 Å². The molecule has 234 valence electrons. The summed E-state index contributed by atoms with van der Waals surface area (Å²) in [5, 5.41) is 14.3. The summed E-state index contributed by atoms with van der Waals surface area (Å²) in [5.41, 5.74) is -0.0784. The lowest BCUT2D eigenvalue weighted by molar-refractivity contribution is -0.129. The van der Waals surface area contributed by atoms with Gasteiger partial charge in [0.05, 0.1) is 12.1 Å². The molecule has 1 aromatic carbocycles. The summed E-state index contributed by atoms with van der Waals surface area (Å²) in [7, 11) is 0. The predicted molar refractivity (Wildman–Crippen MR) is 167 cm³/mol. The van der Waals surface area contributed by atoms with Crippen molar-refractivity contribution < 1.29 is 24.2 Å². The third kappa shape index (κ3) is 8.13. The first kappa shape index (κ1) is 32.5. The van der Waals surface area contributed by atoms with Crippen molar-refractivity contribution in [2.24, 2.45) is 0 Å². The molecule has 1 aliphatic carbocycles. The lowest BCUT2D eigenvalue weighted by Gasteiger charge is -2.36. The molecule has 9 nitrogen and oxygen atoms in total. The molecule has 9 heteroatoms. The molecule has 2 aromatic rings. The number of amides is 3. The highest BCUT2D eigenvalue weighted by molar-refractivity contribution is 6.05. The van der Waals surface area contributed by atoms with E-state index >= 15 is 0 Å². The van der Waals surface area contributed by atoms with Crippen molar-refractivity contribution in [3.63, 3.8) is 0 Å². The Bertz CT molecular complexity index is 1270. The highest BCUT2D eigenvalue weighted by Gasteiger charge is 2.50. The number of aromatic nitrogens is 1. The number of likely N-dealkylation sites (tertiary alicyclic amines) is 1. The van der Waals surface area contributed by atoms with E-state index in [1.54, 1.807) is 52.2 Å². The third-order valence-electron chi connectivity index (χ3n) is 8.14. The number of carbonyl (C=O) groups is 3. The zero-order chi connectivity index (χ0) is 31.6. The molecule has 2 fully saturated rings. The Morgan fingerprint density at radius 3 is 2.26 bits per heavy atom. The maximum absolute atomic E-state index is 14.8. The van der Waals surface area contributed by atoms with Crippen molar-refractivity contribution in [3.05, 3.63) is 59.9 Å². The van der Waals surface area contributed by atoms with E-state index in [4.69, 9.17) is 4.74 Å². The van der Waals surface area contributed by atoms with E-state index in [1.807, 2.05) is 24.3 Å². The SMILES string of the molecule is CC1(O)CC(C(=O)N(c2ccc(C(C)(C)C)cc2)C(C(=O)NC2CCCCC2)c2cccnc2)N(C(=O)OC(C)(C)C)C1. The monoisotopic (exact) mass is 592 g/mol. The standard InChI is InChI=1S/C34H48N4O5/c1-32(2,3)24-15-17-26(18-16-24)38(30(40)27-20-34(7,42)22-37(27)31(41)43-33(4,5)6)28(23-12-11-19-35-21-23)29(39)36-25-13-9-8-10-14-25/h11-12,15-19,21,25,27-28,42H,8-10,13-14,20,22H2,1-7H3,(H,36,39). The second-order valence-corrected chi connectivity index (χ2v) is 14.4. The Hall–Kier alpha value is -3.46. The van der Waals surface area contributed by atoms with Gasteiger partial charge in [-0.15, -0.1) is 0 Å². The van der Waals surface area contributed by atoms with Gasteiger partial charge in [-0.25, -0.2) is 4.79 Å². The molecule has 0 spiro atoms. The van der Waals surface area contributed by atoms with Crippen molar-refractivity contribution in [1.82, 2.24) is 15.2 Å². The van der Waals surface area contributed by atoms with Crippen LogP contribution in [-0.4, -0.2) is 62.7 Å². The van der Waals surface area contributed by atoms with Gasteiger partial charge in [-0.05, 0) is 69.7 Å². The van der Waals surface area contributed by atoms with E-state index in [0.29, 0.717) is 11.3 Å². The van der Waals surface area contributed by atoms with E-state index in [2.05, 4.69) is 31.1 Å². The van der Waals surface area contributed by atoms with Crippen LogP contribution in [-0.2, 0) is 19.7 Å². The molecule has 1 aromatic heterocycles. The molecule has 0 radical (unpaired) electrons. The van der Waals surface area contributed by atoms with Crippen molar-refractivity contribution in [2.75, 3.05) is 11.4 Å². The van der Waals surface area contributed by atoms with Crippen molar-refractivity contribution in [1.29, 1.82) is 0 Å². The minimum atomic E-state index is -1.31. The number of β-amino-alcohol motifs (C(OH)–C–C–N with tert-alkyl or cyclic N) is 1. The fourth-order valence-electron chi connectivity index (χ4n) is 5.97. The normalized spacial score (nSPS) is 22.1. The number of anilines is 1. The van der Waals surface area contributed by atoms with Crippen molar-refractivity contribution >= 4 is 23.6 Å². The third-order valence-corrected chi connectivity index (χ3v) is 8.14. The first-order chi connectivity index (χ1) is 20.1. The number of ether oxygens (including phenoxy) is 1. The number of aliphatic hydroxyl groups is 1. The predicted octanol–water partition coefficient (Wildman–Crippen LogP) is 5.66. The number of hydrogen-bond acceptors (Lipinski definition) is 6. The van der Waals surface area contributed by atoms with Crippen LogP contribution in [0.25, 0.3) is 0 Å². The van der Waals surface area contributed by atoms with Crippen LogP contribution in [0.3, 0.4) is 0 Å². The molecular formula is C34H48N4O5. The van der Waals surface area contributed by atoms with Crippen LogP contribution in [0.15, 0.2) is 48.8 Å². The molecule has 43 heavy (non-hydrogen) atoms. The van der Waals surface area contributed by atoms with Gasteiger partial charge >= 0.3 is 6.09 Å². The molecule has 2 aliphatic rings. The van der Waals surface area contributed by atoms with Crippen molar-refractivity contribution in [2.45, 2.75) is 122 Å². The number of pyridine rings is 1. The second kappa shape index (κ2) is 12.6. The van der Waals surface area contributed by atoms with Crippen molar-refractivity contribution in [3.8, 4) is 0 Å². The minimum Gasteiger partial charge on any atom is -0.444 e. The largest absolute Gasteiger partial charge is 0.444 e. The fourth-order valence-corrected chi connectivity index (χ4v) is 5.97. The molecule has 4 rings (SSSR count). The molecule has 1 saturated carbocycles. The molecule has 3 unspecified atom stereocenters. The van der Waals surface area contributed by atoms with Crippen LogP contribution in [0.2, 0.25) is 0 Å². The van der Waals surface area contributed by atoms with E-state index in [0.717, 1.165) is 37.7 Å². The number of benzene rings is 1. The van der Waals surface area contributed by atoms with Gasteiger partial charge in [-0.3, -0.25) is 24.4 Å². The van der Waals surface area contributed by atoms with Gasteiger partial charge in [0.1, 0.15) is 17.7 Å². The van der Waals surface area contributed by atoms with Gasteiger partial charge in [0.15, 0.2) is 0 Å². The molecule has 0 bridgehead atoms. The van der Waals surface area contributed by atoms with E-state index < -0.39 is 35.3 Å². The number of nitrogens with zero attached hydrogens (tertiary/aromatic N) is 3.